The molecule has 2 rings (SSSR count). The summed E-state index contributed by atoms with van der Waals surface area (Å²) in [6.45, 7) is 3.38. The van der Waals surface area contributed by atoms with Crippen molar-refractivity contribution < 1.29 is 9.59 Å². The van der Waals surface area contributed by atoms with Crippen LogP contribution in [-0.2, 0) is 4.79 Å². The molecule has 6 nitrogen and oxygen atoms in total. The highest BCUT2D eigenvalue weighted by Crippen LogP contribution is 2.19. The van der Waals surface area contributed by atoms with Gasteiger partial charge in [-0.05, 0) is 51.6 Å². The predicted molar refractivity (Wildman–Crippen MR) is 88.0 cm³/mol. The molecule has 1 saturated heterocycles. The number of carbonyl (C=O) groups excluding carboxylic acids is 2. The number of piperidine rings is 1. The van der Waals surface area contributed by atoms with Crippen molar-refractivity contribution in [3.63, 3.8) is 0 Å². The van der Waals surface area contributed by atoms with E-state index in [0.717, 1.165) is 25.8 Å². The molecule has 0 bridgehead atoms. The number of nitrogens with one attached hydrogen (secondary N) is 3. The molecule has 1 heterocycles. The molecule has 1 aliphatic heterocycles. The van der Waals surface area contributed by atoms with Crippen LogP contribution in [0.25, 0.3) is 0 Å². The monoisotopic (exact) mass is 304 g/mol. The van der Waals surface area contributed by atoms with E-state index < -0.39 is 0 Å². The molecule has 1 unspecified atom stereocenters. The molecule has 0 spiro atoms. The summed E-state index contributed by atoms with van der Waals surface area (Å²) >= 11 is 0. The molecule has 3 amide bonds. The molecule has 1 aromatic carbocycles. The van der Waals surface area contributed by atoms with E-state index in [9.17, 15) is 9.59 Å². The Bertz CT molecular complexity index is 533. The van der Waals surface area contributed by atoms with Crippen LogP contribution in [-0.4, -0.2) is 43.0 Å². The summed E-state index contributed by atoms with van der Waals surface area (Å²) in [5.41, 5.74) is 1.35. The molecule has 1 atom stereocenters. The van der Waals surface area contributed by atoms with E-state index in [4.69, 9.17) is 0 Å². The van der Waals surface area contributed by atoms with Gasteiger partial charge in [0.25, 0.3) is 0 Å². The lowest BCUT2D eigenvalue weighted by atomic mass is 10.0. The van der Waals surface area contributed by atoms with Crippen molar-refractivity contribution in [2.45, 2.75) is 32.2 Å². The minimum Gasteiger partial charge on any atom is -0.338 e. The smallest absolute Gasteiger partial charge is 0.319 e. The van der Waals surface area contributed by atoms with Crippen LogP contribution in [0.15, 0.2) is 24.3 Å². The first-order valence-electron chi connectivity index (χ1n) is 7.76. The van der Waals surface area contributed by atoms with Crippen LogP contribution in [0, 0.1) is 0 Å². The Balaban J connectivity index is 1.97. The fourth-order valence-electron chi connectivity index (χ4n) is 2.64. The Hall–Kier alpha value is -2.08. The summed E-state index contributed by atoms with van der Waals surface area (Å²) in [5, 5.41) is 8.34. The zero-order chi connectivity index (χ0) is 15.9. The highest BCUT2D eigenvalue weighted by atomic mass is 16.2. The molecule has 6 heteroatoms. The largest absolute Gasteiger partial charge is 0.338 e. The van der Waals surface area contributed by atoms with Crippen LogP contribution in [0.1, 0.15) is 26.2 Å². The summed E-state index contributed by atoms with van der Waals surface area (Å²) in [4.78, 5) is 26.0. The number of hydrogen-bond donors (Lipinski definition) is 3. The Morgan fingerprint density at radius 1 is 1.23 bits per heavy atom. The summed E-state index contributed by atoms with van der Waals surface area (Å²) in [6, 6.07) is 6.85. The van der Waals surface area contributed by atoms with E-state index in [0.29, 0.717) is 17.9 Å². The van der Waals surface area contributed by atoms with Crippen molar-refractivity contribution >= 4 is 23.3 Å². The Morgan fingerprint density at radius 3 is 2.64 bits per heavy atom. The van der Waals surface area contributed by atoms with Gasteiger partial charge in [0.05, 0.1) is 6.04 Å². The number of benzene rings is 1. The molecule has 22 heavy (non-hydrogen) atoms. The maximum atomic E-state index is 12.4. The van der Waals surface area contributed by atoms with Crippen LogP contribution < -0.4 is 16.0 Å². The molecule has 1 aromatic rings. The van der Waals surface area contributed by atoms with Crippen LogP contribution in [0.4, 0.5) is 16.2 Å². The van der Waals surface area contributed by atoms with Crippen LogP contribution in [0.2, 0.25) is 0 Å². The first kappa shape index (κ1) is 16.3. The number of anilines is 2. The molecule has 0 aliphatic carbocycles. The normalized spacial score (nSPS) is 18.5. The number of urea groups is 1. The fourth-order valence-corrected chi connectivity index (χ4v) is 2.64. The molecule has 1 fully saturated rings. The van der Waals surface area contributed by atoms with Crippen LogP contribution in [0.3, 0.4) is 0 Å². The quantitative estimate of drug-likeness (QED) is 0.799. The van der Waals surface area contributed by atoms with Gasteiger partial charge in [-0.2, -0.15) is 0 Å². The number of nitrogens with zero attached hydrogens (tertiary/aromatic N) is 1. The topological polar surface area (TPSA) is 73.5 Å². The molecule has 0 saturated carbocycles. The number of hydrogen-bond acceptors (Lipinski definition) is 3. The molecule has 0 radical (unpaired) electrons. The van der Waals surface area contributed by atoms with Gasteiger partial charge in [-0.25, -0.2) is 4.79 Å². The molecule has 1 aliphatic rings. The summed E-state index contributed by atoms with van der Waals surface area (Å²) in [5.74, 6) is 0.0114. The number of carbonyl (C=O) groups is 2. The molecule has 0 aromatic heterocycles. The minimum absolute atomic E-state index is 0.0114. The summed E-state index contributed by atoms with van der Waals surface area (Å²) < 4.78 is 0. The average Bonchev–Trinajstić information content (AvgIpc) is 2.48. The van der Waals surface area contributed by atoms with Crippen molar-refractivity contribution in [2.24, 2.45) is 0 Å². The maximum Gasteiger partial charge on any atom is 0.319 e. The Morgan fingerprint density at radius 2 is 1.95 bits per heavy atom. The second-order valence-electron chi connectivity index (χ2n) is 5.55. The highest BCUT2D eigenvalue weighted by molar-refractivity contribution is 5.96. The van der Waals surface area contributed by atoms with Gasteiger partial charge in [0, 0.05) is 17.9 Å². The minimum atomic E-state index is -0.252. The van der Waals surface area contributed by atoms with E-state index in [1.165, 1.54) is 0 Å². The summed E-state index contributed by atoms with van der Waals surface area (Å²) in [6.07, 6.45) is 3.12. The van der Waals surface area contributed by atoms with E-state index >= 15 is 0 Å². The number of likely N-dealkylation sites (N-methyl/N-ethyl adjacent to an activating group) is 1. The lowest BCUT2D eigenvalue weighted by Crippen LogP contribution is -2.44. The van der Waals surface area contributed by atoms with Gasteiger partial charge in [0.15, 0.2) is 0 Å². The number of likely N-dealkylation sites (tertiary alicyclic amines) is 1. The first-order valence-corrected chi connectivity index (χ1v) is 7.76. The van der Waals surface area contributed by atoms with E-state index in [2.05, 4.69) is 20.9 Å². The number of amides is 3. The SMILES string of the molecule is CCNC(=O)Nc1cccc(NC(=O)C2CCCCN2C)c1. The van der Waals surface area contributed by atoms with E-state index in [1.807, 2.05) is 26.1 Å². The Labute approximate surface area is 131 Å². The van der Waals surface area contributed by atoms with Crippen molar-refractivity contribution in [1.82, 2.24) is 10.2 Å². The zero-order valence-electron chi connectivity index (χ0n) is 13.2. The lowest BCUT2D eigenvalue weighted by molar-refractivity contribution is -0.121. The second-order valence-corrected chi connectivity index (χ2v) is 5.55. The van der Waals surface area contributed by atoms with Gasteiger partial charge in [-0.1, -0.05) is 12.5 Å². The average molecular weight is 304 g/mol. The zero-order valence-corrected chi connectivity index (χ0v) is 13.2. The fraction of sp³-hybridized carbons (Fsp3) is 0.500. The Kier molecular flexibility index (Phi) is 5.77. The molecular weight excluding hydrogens is 280 g/mol. The highest BCUT2D eigenvalue weighted by Gasteiger charge is 2.25. The third kappa shape index (κ3) is 4.46. The lowest BCUT2D eigenvalue weighted by Gasteiger charge is -2.31. The van der Waals surface area contributed by atoms with Crippen molar-refractivity contribution in [2.75, 3.05) is 30.8 Å². The third-order valence-corrected chi connectivity index (χ3v) is 3.80. The van der Waals surface area contributed by atoms with Gasteiger partial charge in [-0.3, -0.25) is 9.69 Å². The summed E-state index contributed by atoms with van der Waals surface area (Å²) in [7, 11) is 1.98. The molecular formula is C16H24N4O2. The van der Waals surface area contributed by atoms with Gasteiger partial charge >= 0.3 is 6.03 Å². The second kappa shape index (κ2) is 7.79. The van der Waals surface area contributed by atoms with Gasteiger partial charge in [-0.15, -0.1) is 0 Å². The van der Waals surface area contributed by atoms with Gasteiger partial charge < -0.3 is 16.0 Å². The van der Waals surface area contributed by atoms with Crippen LogP contribution >= 0.6 is 0 Å². The van der Waals surface area contributed by atoms with Crippen molar-refractivity contribution in [1.29, 1.82) is 0 Å². The van der Waals surface area contributed by atoms with Gasteiger partial charge in [0.2, 0.25) is 5.91 Å². The van der Waals surface area contributed by atoms with Crippen LogP contribution in [0.5, 0.6) is 0 Å². The predicted octanol–water partition coefficient (Wildman–Crippen LogP) is 2.25. The first-order chi connectivity index (χ1) is 10.6. The number of rotatable bonds is 4. The van der Waals surface area contributed by atoms with Crippen molar-refractivity contribution in [3.05, 3.63) is 24.3 Å². The molecule has 3 N–H and O–H groups in total. The van der Waals surface area contributed by atoms with E-state index in [1.54, 1.807) is 12.1 Å². The third-order valence-electron chi connectivity index (χ3n) is 3.80. The van der Waals surface area contributed by atoms with E-state index in [-0.39, 0.29) is 18.0 Å². The maximum absolute atomic E-state index is 12.4. The standard InChI is InChI=1S/C16H24N4O2/c1-3-17-16(22)19-13-8-6-7-12(11-13)18-15(21)14-9-4-5-10-20(14)2/h6-8,11,14H,3-5,9-10H2,1-2H3,(H,18,21)(H2,17,19,22). The van der Waals surface area contributed by atoms with Crippen molar-refractivity contribution in [3.8, 4) is 0 Å². The van der Waals surface area contributed by atoms with Gasteiger partial charge in [0.1, 0.15) is 0 Å². The molecule has 120 valence electrons.